The zero-order valence-electron chi connectivity index (χ0n) is 10.2. The molecule has 1 heterocycles. The quantitative estimate of drug-likeness (QED) is 0.812. The lowest BCUT2D eigenvalue weighted by Crippen LogP contribution is -2.13. The Balaban J connectivity index is 2.93. The molecule has 1 N–H and O–H groups in total. The molecule has 1 aromatic heterocycles. The fraction of sp³-hybridized carbons (Fsp3) is 0.286. The molecular formula is C14H14N2O. The van der Waals surface area contributed by atoms with E-state index in [1.165, 1.54) is 0 Å². The van der Waals surface area contributed by atoms with Crippen LogP contribution in [0.3, 0.4) is 0 Å². The van der Waals surface area contributed by atoms with Crippen LogP contribution < -0.4 is 5.43 Å². The Kier molecular flexibility index (Phi) is 2.72. The van der Waals surface area contributed by atoms with Gasteiger partial charge in [-0.15, -0.1) is 0 Å². The molecule has 0 amide bonds. The molecule has 0 aliphatic carbocycles. The molecule has 17 heavy (non-hydrogen) atoms. The van der Waals surface area contributed by atoms with Crippen LogP contribution in [0.1, 0.15) is 22.4 Å². The summed E-state index contributed by atoms with van der Waals surface area (Å²) in [5.41, 5.74) is 4.33. The lowest BCUT2D eigenvalue weighted by atomic mass is 10.0. The van der Waals surface area contributed by atoms with E-state index in [4.69, 9.17) is 5.26 Å². The molecule has 0 spiro atoms. The van der Waals surface area contributed by atoms with Gasteiger partial charge in [0.2, 0.25) is 0 Å². The van der Waals surface area contributed by atoms with Gasteiger partial charge in [-0.1, -0.05) is 6.07 Å². The smallest absolute Gasteiger partial charge is 0.193 e. The summed E-state index contributed by atoms with van der Waals surface area (Å²) in [6, 6.07) is 5.96. The summed E-state index contributed by atoms with van der Waals surface area (Å²) in [7, 11) is 0. The molecule has 0 saturated carbocycles. The monoisotopic (exact) mass is 226 g/mol. The van der Waals surface area contributed by atoms with Gasteiger partial charge in [-0.25, -0.2) is 0 Å². The summed E-state index contributed by atoms with van der Waals surface area (Å²) in [4.78, 5) is 15.5. The van der Waals surface area contributed by atoms with E-state index < -0.39 is 0 Å². The third kappa shape index (κ3) is 1.83. The number of hydrogen-bond donors (Lipinski definition) is 1. The van der Waals surface area contributed by atoms with Gasteiger partial charge in [0.15, 0.2) is 5.43 Å². The van der Waals surface area contributed by atoms with Crippen molar-refractivity contribution < 1.29 is 0 Å². The third-order valence-electron chi connectivity index (χ3n) is 3.02. The number of aromatic amines is 1. The second-order valence-electron chi connectivity index (χ2n) is 4.40. The first-order valence-electron chi connectivity index (χ1n) is 5.54. The van der Waals surface area contributed by atoms with Crippen molar-refractivity contribution in [2.24, 2.45) is 0 Å². The molecule has 1 aromatic carbocycles. The van der Waals surface area contributed by atoms with Gasteiger partial charge in [-0.05, 0) is 38.0 Å². The zero-order chi connectivity index (χ0) is 12.6. The summed E-state index contributed by atoms with van der Waals surface area (Å²) in [6.45, 7) is 5.79. The maximum atomic E-state index is 12.3. The molecule has 0 radical (unpaired) electrons. The van der Waals surface area contributed by atoms with Crippen molar-refractivity contribution >= 4 is 10.9 Å². The molecule has 3 nitrogen and oxygen atoms in total. The van der Waals surface area contributed by atoms with E-state index in [0.717, 1.165) is 22.3 Å². The number of nitriles is 1. The van der Waals surface area contributed by atoms with Crippen LogP contribution in [0.15, 0.2) is 16.9 Å². The van der Waals surface area contributed by atoms with Crippen molar-refractivity contribution in [2.75, 3.05) is 0 Å². The molecule has 0 aliphatic rings. The summed E-state index contributed by atoms with van der Waals surface area (Å²) in [5.74, 6) is 0. The van der Waals surface area contributed by atoms with Crippen molar-refractivity contribution in [1.82, 2.24) is 4.98 Å². The summed E-state index contributed by atoms with van der Waals surface area (Å²) in [6.07, 6.45) is 0.157. The summed E-state index contributed by atoms with van der Waals surface area (Å²) < 4.78 is 0. The van der Waals surface area contributed by atoms with Crippen LogP contribution in [-0.2, 0) is 6.42 Å². The predicted molar refractivity (Wildman–Crippen MR) is 68.1 cm³/mol. The van der Waals surface area contributed by atoms with Crippen molar-refractivity contribution in [3.05, 3.63) is 44.7 Å². The number of aromatic nitrogens is 1. The number of pyridine rings is 1. The molecule has 0 atom stereocenters. The molecule has 86 valence electrons. The number of nitrogens with one attached hydrogen (secondary N) is 1. The highest BCUT2D eigenvalue weighted by Gasteiger charge is 2.10. The molecule has 2 rings (SSSR count). The number of fused-ring (bicyclic) bond motifs is 1. The molecule has 0 bridgehead atoms. The molecule has 0 saturated heterocycles. The van der Waals surface area contributed by atoms with E-state index in [1.807, 2.05) is 39.0 Å². The Morgan fingerprint density at radius 1 is 1.29 bits per heavy atom. The molecule has 0 fully saturated rings. The number of H-pyrrole nitrogens is 1. The third-order valence-corrected chi connectivity index (χ3v) is 3.02. The van der Waals surface area contributed by atoms with E-state index in [-0.39, 0.29) is 11.8 Å². The Hall–Kier alpha value is -2.08. The van der Waals surface area contributed by atoms with Gasteiger partial charge in [0.05, 0.1) is 18.0 Å². The van der Waals surface area contributed by atoms with Gasteiger partial charge in [0.25, 0.3) is 0 Å². The predicted octanol–water partition coefficient (Wildman–Crippen LogP) is 2.52. The van der Waals surface area contributed by atoms with Crippen LogP contribution in [0.5, 0.6) is 0 Å². The standard InChI is InChI=1S/C14H14N2O/c1-8-6-9(2)13-12(7-8)14(17)11(4-5-15)10(3)16-13/h6-7H,4H2,1-3H3,(H,16,17). The highest BCUT2D eigenvalue weighted by atomic mass is 16.1. The second-order valence-corrected chi connectivity index (χ2v) is 4.40. The maximum Gasteiger partial charge on any atom is 0.193 e. The van der Waals surface area contributed by atoms with Crippen molar-refractivity contribution in [2.45, 2.75) is 27.2 Å². The minimum Gasteiger partial charge on any atom is -0.358 e. The van der Waals surface area contributed by atoms with Crippen molar-refractivity contribution in [3.63, 3.8) is 0 Å². The number of hydrogen-bond acceptors (Lipinski definition) is 2. The molecule has 0 aliphatic heterocycles. The fourth-order valence-electron chi connectivity index (χ4n) is 2.20. The highest BCUT2D eigenvalue weighted by molar-refractivity contribution is 5.83. The van der Waals surface area contributed by atoms with Crippen LogP contribution in [0.2, 0.25) is 0 Å². The Morgan fingerprint density at radius 3 is 2.65 bits per heavy atom. The van der Waals surface area contributed by atoms with E-state index in [1.54, 1.807) is 0 Å². The Labute approximate surface area is 99.7 Å². The average molecular weight is 226 g/mol. The van der Waals surface area contributed by atoms with Crippen LogP contribution in [0, 0.1) is 32.1 Å². The van der Waals surface area contributed by atoms with Gasteiger partial charge in [-0.2, -0.15) is 5.26 Å². The number of nitrogens with zero attached hydrogens (tertiary/aromatic N) is 1. The highest BCUT2D eigenvalue weighted by Crippen LogP contribution is 2.17. The minimum atomic E-state index is -0.0235. The number of rotatable bonds is 1. The lowest BCUT2D eigenvalue weighted by molar-refractivity contribution is 1.11. The Bertz CT molecular complexity index is 690. The molecule has 0 unspecified atom stereocenters. The first kappa shape index (κ1) is 11.4. The van der Waals surface area contributed by atoms with Gasteiger partial charge in [0, 0.05) is 16.6 Å². The fourth-order valence-corrected chi connectivity index (χ4v) is 2.20. The van der Waals surface area contributed by atoms with E-state index in [9.17, 15) is 4.79 Å². The van der Waals surface area contributed by atoms with Crippen LogP contribution >= 0.6 is 0 Å². The van der Waals surface area contributed by atoms with Crippen LogP contribution in [0.4, 0.5) is 0 Å². The van der Waals surface area contributed by atoms with E-state index in [2.05, 4.69) is 4.98 Å². The first-order valence-corrected chi connectivity index (χ1v) is 5.54. The molecular weight excluding hydrogens is 212 g/mol. The maximum absolute atomic E-state index is 12.3. The van der Waals surface area contributed by atoms with Gasteiger partial charge in [0.1, 0.15) is 0 Å². The zero-order valence-corrected chi connectivity index (χ0v) is 10.2. The van der Waals surface area contributed by atoms with E-state index >= 15 is 0 Å². The largest absolute Gasteiger partial charge is 0.358 e. The molecule has 3 heteroatoms. The summed E-state index contributed by atoms with van der Waals surface area (Å²) >= 11 is 0. The van der Waals surface area contributed by atoms with Crippen LogP contribution in [-0.4, -0.2) is 4.98 Å². The second kappa shape index (κ2) is 4.06. The normalized spacial score (nSPS) is 10.5. The SMILES string of the molecule is Cc1cc(C)c2[nH]c(C)c(CC#N)c(=O)c2c1. The average Bonchev–Trinajstić information content (AvgIpc) is 2.26. The first-order chi connectivity index (χ1) is 8.04. The Morgan fingerprint density at radius 2 is 2.00 bits per heavy atom. The number of benzene rings is 1. The van der Waals surface area contributed by atoms with Crippen molar-refractivity contribution in [3.8, 4) is 6.07 Å². The minimum absolute atomic E-state index is 0.0235. The van der Waals surface area contributed by atoms with Crippen LogP contribution in [0.25, 0.3) is 10.9 Å². The van der Waals surface area contributed by atoms with E-state index in [0.29, 0.717) is 10.9 Å². The molecule has 2 aromatic rings. The van der Waals surface area contributed by atoms with Gasteiger partial charge >= 0.3 is 0 Å². The van der Waals surface area contributed by atoms with Gasteiger partial charge in [-0.3, -0.25) is 4.79 Å². The topological polar surface area (TPSA) is 56.6 Å². The number of aryl methyl sites for hydroxylation is 3. The summed E-state index contributed by atoms with van der Waals surface area (Å²) in [5, 5.41) is 9.43. The van der Waals surface area contributed by atoms with Gasteiger partial charge < -0.3 is 4.98 Å². The lowest BCUT2D eigenvalue weighted by Gasteiger charge is -2.08. The van der Waals surface area contributed by atoms with Crippen molar-refractivity contribution in [1.29, 1.82) is 5.26 Å².